The average Bonchev–Trinajstić information content (AvgIpc) is 2.98. The lowest BCUT2D eigenvalue weighted by molar-refractivity contribution is 0.230. The van der Waals surface area contributed by atoms with Gasteiger partial charge in [-0.25, -0.2) is 4.79 Å². The van der Waals surface area contributed by atoms with Crippen molar-refractivity contribution in [1.29, 1.82) is 0 Å². The highest BCUT2D eigenvalue weighted by molar-refractivity contribution is 5.73. The van der Waals surface area contributed by atoms with E-state index < -0.39 is 0 Å². The third kappa shape index (κ3) is 4.10. The average molecular weight is 313 g/mol. The number of fused-ring (bicyclic) bond motifs is 1. The Morgan fingerprint density at radius 3 is 2.83 bits per heavy atom. The van der Waals surface area contributed by atoms with Crippen LogP contribution in [0.5, 0.6) is 0 Å². The van der Waals surface area contributed by atoms with Crippen LogP contribution in [0.25, 0.3) is 0 Å². The molecule has 23 heavy (non-hydrogen) atoms. The maximum Gasteiger partial charge on any atom is 0.315 e. The number of aryl methyl sites for hydroxylation is 1. The van der Waals surface area contributed by atoms with Crippen molar-refractivity contribution >= 4 is 6.03 Å². The third-order valence-electron chi connectivity index (χ3n) is 4.28. The number of hydrogen-bond acceptors (Lipinski definition) is 3. The van der Waals surface area contributed by atoms with Gasteiger partial charge in [0.2, 0.25) is 0 Å². The molecule has 1 aliphatic heterocycles. The second kappa shape index (κ2) is 7.28. The van der Waals surface area contributed by atoms with Gasteiger partial charge < -0.3 is 10.6 Å². The highest BCUT2D eigenvalue weighted by Crippen LogP contribution is 2.17. The Hall–Kier alpha value is -2.34. The zero-order valence-corrected chi connectivity index (χ0v) is 13.5. The first-order valence-corrected chi connectivity index (χ1v) is 8.00. The molecular weight excluding hydrogens is 290 g/mol. The summed E-state index contributed by atoms with van der Waals surface area (Å²) in [6.07, 6.45) is 2.81. The summed E-state index contributed by atoms with van der Waals surface area (Å²) in [6, 6.07) is 10.3. The standard InChI is InChI=1S/C17H23N5O/c1-21-16(6-8-20-21)12-19-17(23)18-9-11-22-10-7-14-4-2-3-5-15(14)13-22/h2-6,8H,7,9-13H2,1H3,(H2,18,19,23). The van der Waals surface area contributed by atoms with Gasteiger partial charge in [0.25, 0.3) is 0 Å². The van der Waals surface area contributed by atoms with Crippen molar-refractivity contribution in [3.8, 4) is 0 Å². The number of aromatic nitrogens is 2. The van der Waals surface area contributed by atoms with Crippen molar-refractivity contribution in [2.75, 3.05) is 19.6 Å². The Morgan fingerprint density at radius 2 is 2.04 bits per heavy atom. The molecule has 0 unspecified atom stereocenters. The highest BCUT2D eigenvalue weighted by Gasteiger charge is 2.15. The minimum Gasteiger partial charge on any atom is -0.337 e. The lowest BCUT2D eigenvalue weighted by Crippen LogP contribution is -2.41. The first kappa shape index (κ1) is 15.6. The summed E-state index contributed by atoms with van der Waals surface area (Å²) in [5.74, 6) is 0. The van der Waals surface area contributed by atoms with Crippen molar-refractivity contribution in [1.82, 2.24) is 25.3 Å². The molecule has 2 amide bonds. The Labute approximate surface area is 136 Å². The lowest BCUT2D eigenvalue weighted by atomic mass is 10.00. The quantitative estimate of drug-likeness (QED) is 0.874. The zero-order chi connectivity index (χ0) is 16.1. The molecule has 0 fully saturated rings. The number of rotatable bonds is 5. The van der Waals surface area contributed by atoms with Gasteiger partial charge >= 0.3 is 6.03 Å². The SMILES string of the molecule is Cn1nccc1CNC(=O)NCCN1CCc2ccccc2C1. The molecule has 1 aromatic carbocycles. The van der Waals surface area contributed by atoms with Crippen LogP contribution in [-0.2, 0) is 26.6 Å². The number of nitrogens with zero attached hydrogens (tertiary/aromatic N) is 3. The molecule has 122 valence electrons. The van der Waals surface area contributed by atoms with Crippen LogP contribution >= 0.6 is 0 Å². The summed E-state index contributed by atoms with van der Waals surface area (Å²) < 4.78 is 1.76. The topological polar surface area (TPSA) is 62.2 Å². The Kier molecular flexibility index (Phi) is 4.92. The van der Waals surface area contributed by atoms with Crippen LogP contribution < -0.4 is 10.6 Å². The molecule has 0 bridgehead atoms. The molecule has 2 heterocycles. The first-order chi connectivity index (χ1) is 11.2. The van der Waals surface area contributed by atoms with E-state index in [1.165, 1.54) is 11.1 Å². The van der Waals surface area contributed by atoms with E-state index in [1.807, 2.05) is 13.1 Å². The summed E-state index contributed by atoms with van der Waals surface area (Å²) >= 11 is 0. The van der Waals surface area contributed by atoms with E-state index in [0.29, 0.717) is 13.1 Å². The van der Waals surface area contributed by atoms with Gasteiger partial charge in [0.15, 0.2) is 0 Å². The van der Waals surface area contributed by atoms with E-state index in [2.05, 4.69) is 44.9 Å². The van der Waals surface area contributed by atoms with Crippen molar-refractivity contribution in [3.05, 3.63) is 53.3 Å². The van der Waals surface area contributed by atoms with Crippen molar-refractivity contribution in [2.45, 2.75) is 19.5 Å². The molecule has 3 rings (SSSR count). The van der Waals surface area contributed by atoms with Gasteiger partial charge in [0.05, 0.1) is 12.2 Å². The van der Waals surface area contributed by atoms with Gasteiger partial charge in [-0.3, -0.25) is 9.58 Å². The van der Waals surface area contributed by atoms with Gasteiger partial charge in [-0.2, -0.15) is 5.10 Å². The Bertz CT molecular complexity index is 667. The second-order valence-electron chi connectivity index (χ2n) is 5.85. The molecule has 2 aromatic rings. The van der Waals surface area contributed by atoms with Crippen LogP contribution in [0.4, 0.5) is 4.79 Å². The maximum absolute atomic E-state index is 11.8. The predicted molar refractivity (Wildman–Crippen MR) is 88.9 cm³/mol. The molecule has 0 spiro atoms. The van der Waals surface area contributed by atoms with E-state index >= 15 is 0 Å². The van der Waals surface area contributed by atoms with Gasteiger partial charge in [0, 0.05) is 39.4 Å². The van der Waals surface area contributed by atoms with Crippen LogP contribution in [0.15, 0.2) is 36.5 Å². The van der Waals surface area contributed by atoms with E-state index in [1.54, 1.807) is 10.9 Å². The molecule has 0 radical (unpaired) electrons. The molecule has 2 N–H and O–H groups in total. The summed E-state index contributed by atoms with van der Waals surface area (Å²) in [7, 11) is 1.86. The monoisotopic (exact) mass is 313 g/mol. The number of nitrogens with one attached hydrogen (secondary N) is 2. The van der Waals surface area contributed by atoms with Gasteiger partial charge in [-0.15, -0.1) is 0 Å². The normalized spacial score (nSPS) is 14.3. The molecule has 0 atom stereocenters. The van der Waals surface area contributed by atoms with E-state index in [-0.39, 0.29) is 6.03 Å². The molecule has 1 aliphatic rings. The fraction of sp³-hybridized carbons (Fsp3) is 0.412. The number of urea groups is 1. The van der Waals surface area contributed by atoms with Gasteiger partial charge in [-0.05, 0) is 23.6 Å². The summed E-state index contributed by atoms with van der Waals surface area (Å²) in [5, 5.41) is 9.84. The van der Waals surface area contributed by atoms with E-state index in [9.17, 15) is 4.79 Å². The Morgan fingerprint density at radius 1 is 1.22 bits per heavy atom. The van der Waals surface area contributed by atoms with Crippen LogP contribution in [0, 0.1) is 0 Å². The van der Waals surface area contributed by atoms with Crippen LogP contribution in [0.1, 0.15) is 16.8 Å². The zero-order valence-electron chi connectivity index (χ0n) is 13.5. The number of carbonyl (C=O) groups excluding carboxylic acids is 1. The Balaban J connectivity index is 1.37. The van der Waals surface area contributed by atoms with Crippen molar-refractivity contribution < 1.29 is 4.79 Å². The van der Waals surface area contributed by atoms with Crippen LogP contribution in [-0.4, -0.2) is 40.3 Å². The molecule has 0 saturated carbocycles. The number of benzene rings is 1. The van der Waals surface area contributed by atoms with E-state index in [0.717, 1.165) is 31.7 Å². The van der Waals surface area contributed by atoms with Gasteiger partial charge in [0.1, 0.15) is 0 Å². The minimum absolute atomic E-state index is 0.136. The summed E-state index contributed by atoms with van der Waals surface area (Å²) in [5.41, 5.74) is 3.83. The smallest absolute Gasteiger partial charge is 0.315 e. The van der Waals surface area contributed by atoms with E-state index in [4.69, 9.17) is 0 Å². The maximum atomic E-state index is 11.8. The fourth-order valence-electron chi connectivity index (χ4n) is 2.88. The fourth-order valence-corrected chi connectivity index (χ4v) is 2.88. The first-order valence-electron chi connectivity index (χ1n) is 8.00. The second-order valence-corrected chi connectivity index (χ2v) is 5.85. The van der Waals surface area contributed by atoms with Crippen LogP contribution in [0.3, 0.4) is 0 Å². The largest absolute Gasteiger partial charge is 0.337 e. The lowest BCUT2D eigenvalue weighted by Gasteiger charge is -2.28. The third-order valence-corrected chi connectivity index (χ3v) is 4.28. The molecule has 6 heteroatoms. The van der Waals surface area contributed by atoms with Crippen molar-refractivity contribution in [3.63, 3.8) is 0 Å². The predicted octanol–water partition coefficient (Wildman–Crippen LogP) is 1.28. The molecule has 0 aliphatic carbocycles. The summed E-state index contributed by atoms with van der Waals surface area (Å²) in [4.78, 5) is 14.2. The number of carbonyl (C=O) groups is 1. The molecule has 1 aromatic heterocycles. The summed E-state index contributed by atoms with van der Waals surface area (Å²) in [6.45, 7) is 4.02. The number of hydrogen-bond donors (Lipinski definition) is 2. The van der Waals surface area contributed by atoms with Crippen LogP contribution in [0.2, 0.25) is 0 Å². The van der Waals surface area contributed by atoms with Crippen molar-refractivity contribution in [2.24, 2.45) is 7.05 Å². The highest BCUT2D eigenvalue weighted by atomic mass is 16.2. The minimum atomic E-state index is -0.136. The number of amides is 2. The molecule has 6 nitrogen and oxygen atoms in total. The molecule has 0 saturated heterocycles. The molecular formula is C17H23N5O. The van der Waals surface area contributed by atoms with Gasteiger partial charge in [-0.1, -0.05) is 24.3 Å².